The van der Waals surface area contributed by atoms with Gasteiger partial charge in [0.25, 0.3) is 0 Å². The second-order valence-corrected chi connectivity index (χ2v) is 3.35. The van der Waals surface area contributed by atoms with E-state index in [1.165, 1.54) is 0 Å². The van der Waals surface area contributed by atoms with Gasteiger partial charge in [0.1, 0.15) is 11.6 Å². The summed E-state index contributed by atoms with van der Waals surface area (Å²) in [5.41, 5.74) is 2.78. The minimum atomic E-state index is 0.329. The summed E-state index contributed by atoms with van der Waals surface area (Å²) < 4.78 is 1.97. The number of fused-ring (bicyclic) bond motifs is 1. The maximum Gasteiger partial charge on any atom is 0.120 e. The molecule has 0 spiro atoms. The van der Waals surface area contributed by atoms with E-state index in [4.69, 9.17) is 0 Å². The summed E-state index contributed by atoms with van der Waals surface area (Å²) >= 11 is 0. The van der Waals surface area contributed by atoms with Gasteiger partial charge in [-0.25, -0.2) is 4.98 Å². The zero-order valence-corrected chi connectivity index (χ0v) is 8.00. The number of nitrogens with zero attached hydrogens (tertiary/aromatic N) is 2. The molecule has 13 heavy (non-hydrogen) atoms. The standard InChI is InChI=1S/C10H12N2O/c1-6-4-8-9(5-10(6)13)12(3)7(2)11-8/h4-5,13H,1-3H3. The lowest BCUT2D eigenvalue weighted by Gasteiger charge is -1.99. The minimum absolute atomic E-state index is 0.329. The summed E-state index contributed by atoms with van der Waals surface area (Å²) in [5, 5.41) is 9.51. The predicted octanol–water partition coefficient (Wildman–Crippen LogP) is 1.90. The molecule has 0 aliphatic heterocycles. The summed E-state index contributed by atoms with van der Waals surface area (Å²) in [4.78, 5) is 4.37. The number of aryl methyl sites for hydroxylation is 3. The van der Waals surface area contributed by atoms with Gasteiger partial charge >= 0.3 is 0 Å². The first-order chi connectivity index (χ1) is 6.09. The molecule has 0 saturated carbocycles. The minimum Gasteiger partial charge on any atom is -0.508 e. The van der Waals surface area contributed by atoms with Crippen LogP contribution in [0, 0.1) is 13.8 Å². The molecule has 1 N–H and O–H groups in total. The lowest BCUT2D eigenvalue weighted by molar-refractivity contribution is 0.472. The van der Waals surface area contributed by atoms with Crippen LogP contribution in [-0.2, 0) is 7.05 Å². The first-order valence-corrected chi connectivity index (χ1v) is 4.22. The van der Waals surface area contributed by atoms with E-state index in [0.717, 1.165) is 22.4 Å². The van der Waals surface area contributed by atoms with Crippen LogP contribution in [0.5, 0.6) is 5.75 Å². The van der Waals surface area contributed by atoms with Gasteiger partial charge in [-0.2, -0.15) is 0 Å². The largest absolute Gasteiger partial charge is 0.508 e. The molecule has 1 aromatic heterocycles. The molecule has 0 aliphatic rings. The van der Waals surface area contributed by atoms with E-state index < -0.39 is 0 Å². The number of rotatable bonds is 0. The van der Waals surface area contributed by atoms with Gasteiger partial charge in [0.2, 0.25) is 0 Å². The van der Waals surface area contributed by atoms with Crippen molar-refractivity contribution >= 4 is 11.0 Å². The van der Waals surface area contributed by atoms with Gasteiger partial charge in [0.05, 0.1) is 11.0 Å². The fourth-order valence-corrected chi connectivity index (χ4v) is 1.45. The molecule has 68 valence electrons. The van der Waals surface area contributed by atoms with E-state index >= 15 is 0 Å². The van der Waals surface area contributed by atoms with Crippen LogP contribution in [-0.4, -0.2) is 14.7 Å². The molecule has 2 rings (SSSR count). The molecule has 0 saturated heterocycles. The Labute approximate surface area is 76.6 Å². The third-order valence-electron chi connectivity index (χ3n) is 2.42. The second-order valence-electron chi connectivity index (χ2n) is 3.35. The Bertz CT molecular complexity index is 471. The molecular weight excluding hydrogens is 164 g/mol. The summed E-state index contributed by atoms with van der Waals surface area (Å²) in [6.45, 7) is 3.82. The van der Waals surface area contributed by atoms with Crippen molar-refractivity contribution in [2.24, 2.45) is 7.05 Å². The molecule has 0 fully saturated rings. The quantitative estimate of drug-likeness (QED) is 0.665. The van der Waals surface area contributed by atoms with E-state index in [1.54, 1.807) is 6.07 Å². The highest BCUT2D eigenvalue weighted by Gasteiger charge is 2.06. The molecule has 0 amide bonds. The molecule has 0 aliphatic carbocycles. The van der Waals surface area contributed by atoms with Crippen molar-refractivity contribution in [1.29, 1.82) is 0 Å². The van der Waals surface area contributed by atoms with Gasteiger partial charge < -0.3 is 9.67 Å². The van der Waals surface area contributed by atoms with E-state index in [1.807, 2.05) is 31.5 Å². The Morgan fingerprint density at radius 1 is 1.31 bits per heavy atom. The molecule has 0 radical (unpaired) electrons. The van der Waals surface area contributed by atoms with E-state index in [0.29, 0.717) is 5.75 Å². The van der Waals surface area contributed by atoms with E-state index in [9.17, 15) is 5.11 Å². The first-order valence-electron chi connectivity index (χ1n) is 4.22. The van der Waals surface area contributed by atoms with E-state index in [2.05, 4.69) is 4.98 Å². The lowest BCUT2D eigenvalue weighted by Crippen LogP contribution is -1.89. The van der Waals surface area contributed by atoms with Crippen LogP contribution < -0.4 is 0 Å². The van der Waals surface area contributed by atoms with Crippen molar-refractivity contribution in [2.75, 3.05) is 0 Å². The number of phenols is 1. The molecule has 1 aromatic carbocycles. The van der Waals surface area contributed by atoms with Crippen molar-refractivity contribution in [3.05, 3.63) is 23.5 Å². The van der Waals surface area contributed by atoms with Crippen molar-refractivity contribution in [3.8, 4) is 5.75 Å². The number of benzene rings is 1. The highest BCUT2D eigenvalue weighted by molar-refractivity contribution is 5.78. The van der Waals surface area contributed by atoms with Gasteiger partial charge in [-0.15, -0.1) is 0 Å². The average molecular weight is 176 g/mol. The molecule has 0 atom stereocenters. The highest BCUT2D eigenvalue weighted by Crippen LogP contribution is 2.23. The summed E-state index contributed by atoms with van der Waals surface area (Å²) in [7, 11) is 1.94. The maximum atomic E-state index is 9.51. The number of phenolic OH excluding ortho intramolecular Hbond substituents is 1. The average Bonchev–Trinajstić information content (AvgIpc) is 2.32. The Hall–Kier alpha value is -1.51. The highest BCUT2D eigenvalue weighted by atomic mass is 16.3. The van der Waals surface area contributed by atoms with Crippen LogP contribution in [0.15, 0.2) is 12.1 Å². The molecule has 3 nitrogen and oxygen atoms in total. The topological polar surface area (TPSA) is 38.0 Å². The molecule has 2 aromatic rings. The van der Waals surface area contributed by atoms with Gasteiger partial charge in [0.15, 0.2) is 0 Å². The number of aromatic hydroxyl groups is 1. The first kappa shape index (κ1) is 8.10. The zero-order valence-electron chi connectivity index (χ0n) is 8.00. The van der Waals surface area contributed by atoms with Crippen molar-refractivity contribution in [3.63, 3.8) is 0 Å². The smallest absolute Gasteiger partial charge is 0.120 e. The van der Waals surface area contributed by atoms with Crippen LogP contribution in [0.3, 0.4) is 0 Å². The fourth-order valence-electron chi connectivity index (χ4n) is 1.45. The van der Waals surface area contributed by atoms with Crippen LogP contribution in [0.2, 0.25) is 0 Å². The molecule has 1 heterocycles. The SMILES string of the molecule is Cc1cc2nc(C)n(C)c2cc1O. The predicted molar refractivity (Wildman–Crippen MR) is 51.9 cm³/mol. The Morgan fingerprint density at radius 2 is 2.00 bits per heavy atom. The lowest BCUT2D eigenvalue weighted by atomic mass is 10.2. The molecular formula is C10H12N2O. The van der Waals surface area contributed by atoms with Crippen LogP contribution in [0.1, 0.15) is 11.4 Å². The Kier molecular flexibility index (Phi) is 1.55. The van der Waals surface area contributed by atoms with Crippen LogP contribution in [0.25, 0.3) is 11.0 Å². The Balaban J connectivity index is 2.89. The number of hydrogen-bond acceptors (Lipinski definition) is 2. The zero-order chi connectivity index (χ0) is 9.59. The number of hydrogen-bond donors (Lipinski definition) is 1. The van der Waals surface area contributed by atoms with Gasteiger partial charge in [-0.1, -0.05) is 0 Å². The normalized spacial score (nSPS) is 11.0. The summed E-state index contributed by atoms with van der Waals surface area (Å²) in [5.74, 6) is 1.29. The number of imidazole rings is 1. The van der Waals surface area contributed by atoms with Crippen molar-refractivity contribution < 1.29 is 5.11 Å². The van der Waals surface area contributed by atoms with Crippen LogP contribution in [0.4, 0.5) is 0 Å². The van der Waals surface area contributed by atoms with Gasteiger partial charge in [-0.3, -0.25) is 0 Å². The third kappa shape index (κ3) is 1.08. The fraction of sp³-hybridized carbons (Fsp3) is 0.300. The van der Waals surface area contributed by atoms with Crippen LogP contribution >= 0.6 is 0 Å². The van der Waals surface area contributed by atoms with Crippen molar-refractivity contribution in [2.45, 2.75) is 13.8 Å². The van der Waals surface area contributed by atoms with Gasteiger partial charge in [0, 0.05) is 13.1 Å². The summed E-state index contributed by atoms with van der Waals surface area (Å²) in [6, 6.07) is 3.66. The monoisotopic (exact) mass is 176 g/mol. The molecule has 0 bridgehead atoms. The number of aromatic nitrogens is 2. The van der Waals surface area contributed by atoms with Gasteiger partial charge in [-0.05, 0) is 25.5 Å². The van der Waals surface area contributed by atoms with Crippen molar-refractivity contribution in [1.82, 2.24) is 9.55 Å². The van der Waals surface area contributed by atoms with E-state index in [-0.39, 0.29) is 0 Å². The third-order valence-corrected chi connectivity index (χ3v) is 2.42. The second kappa shape index (κ2) is 2.49. The molecule has 3 heteroatoms. The Morgan fingerprint density at radius 3 is 2.69 bits per heavy atom. The maximum absolute atomic E-state index is 9.51. The summed E-state index contributed by atoms with van der Waals surface area (Å²) in [6.07, 6.45) is 0. The molecule has 0 unspecified atom stereocenters.